The summed E-state index contributed by atoms with van der Waals surface area (Å²) in [6.45, 7) is 3.15. The second-order valence-corrected chi connectivity index (χ2v) is 6.06. The van der Waals surface area contributed by atoms with E-state index in [-0.39, 0.29) is 0 Å². The highest BCUT2D eigenvalue weighted by Crippen LogP contribution is 2.34. The first-order valence-corrected chi connectivity index (χ1v) is 7.54. The van der Waals surface area contributed by atoms with Gasteiger partial charge >= 0.3 is 0 Å². The minimum Gasteiger partial charge on any atom is -0.330 e. The monoisotopic (exact) mass is 245 g/mol. The number of hydrogen-bond donors (Lipinski definition) is 1. The molecule has 1 aliphatic rings. The van der Waals surface area contributed by atoms with E-state index in [1.807, 2.05) is 0 Å². The topological polar surface area (TPSA) is 26.0 Å². The first-order chi connectivity index (χ1) is 7.76. The Morgan fingerprint density at radius 3 is 2.44 bits per heavy atom. The Bertz CT molecular complexity index is 164. The van der Waals surface area contributed by atoms with Gasteiger partial charge in [0.2, 0.25) is 0 Å². The van der Waals surface area contributed by atoms with Crippen molar-refractivity contribution in [3.05, 3.63) is 0 Å². The molecule has 1 atom stereocenters. The fourth-order valence-corrected chi connectivity index (χ4v) is 3.28. The summed E-state index contributed by atoms with van der Waals surface area (Å²) in [6.07, 6.45) is 11.9. The molecule has 0 spiro atoms. The van der Waals surface area contributed by atoms with E-state index in [2.05, 4.69) is 6.92 Å². The SMILES string of the molecule is CCCC(CCCN)CC1CCC(Cl)CC1. The van der Waals surface area contributed by atoms with E-state index in [4.69, 9.17) is 17.3 Å². The first-order valence-electron chi connectivity index (χ1n) is 7.10. The van der Waals surface area contributed by atoms with E-state index in [1.54, 1.807) is 0 Å². The van der Waals surface area contributed by atoms with Crippen molar-refractivity contribution in [2.75, 3.05) is 6.54 Å². The van der Waals surface area contributed by atoms with Crippen LogP contribution in [0.4, 0.5) is 0 Å². The van der Waals surface area contributed by atoms with Crippen LogP contribution in [0.5, 0.6) is 0 Å². The Hall–Kier alpha value is 0.250. The highest BCUT2D eigenvalue weighted by molar-refractivity contribution is 6.20. The molecule has 1 fully saturated rings. The summed E-state index contributed by atoms with van der Waals surface area (Å²) in [5.41, 5.74) is 5.61. The van der Waals surface area contributed by atoms with Gasteiger partial charge in [-0.3, -0.25) is 0 Å². The predicted octanol–water partition coefficient (Wildman–Crippen LogP) is 4.33. The van der Waals surface area contributed by atoms with Gasteiger partial charge in [-0.25, -0.2) is 0 Å². The quantitative estimate of drug-likeness (QED) is 0.664. The Morgan fingerprint density at radius 2 is 1.88 bits per heavy atom. The number of hydrogen-bond acceptors (Lipinski definition) is 1. The summed E-state index contributed by atoms with van der Waals surface area (Å²) >= 11 is 6.15. The normalized spacial score (nSPS) is 27.9. The molecule has 0 aromatic rings. The largest absolute Gasteiger partial charge is 0.330 e. The molecule has 0 aromatic carbocycles. The molecule has 0 bridgehead atoms. The second-order valence-electron chi connectivity index (χ2n) is 5.44. The van der Waals surface area contributed by atoms with Crippen molar-refractivity contribution >= 4 is 11.6 Å². The third-order valence-electron chi connectivity index (χ3n) is 3.96. The third kappa shape index (κ3) is 5.54. The van der Waals surface area contributed by atoms with Crippen molar-refractivity contribution in [1.82, 2.24) is 0 Å². The molecule has 1 nitrogen and oxygen atoms in total. The van der Waals surface area contributed by atoms with Crippen molar-refractivity contribution in [2.24, 2.45) is 17.6 Å². The molecule has 2 N–H and O–H groups in total. The smallest absolute Gasteiger partial charge is 0.0336 e. The van der Waals surface area contributed by atoms with E-state index in [0.29, 0.717) is 5.38 Å². The van der Waals surface area contributed by atoms with Gasteiger partial charge in [0.15, 0.2) is 0 Å². The van der Waals surface area contributed by atoms with Crippen LogP contribution in [0.15, 0.2) is 0 Å². The van der Waals surface area contributed by atoms with Crippen LogP contribution in [0.2, 0.25) is 0 Å². The van der Waals surface area contributed by atoms with Gasteiger partial charge < -0.3 is 5.73 Å². The van der Waals surface area contributed by atoms with Crippen LogP contribution in [0, 0.1) is 11.8 Å². The summed E-state index contributed by atoms with van der Waals surface area (Å²) in [4.78, 5) is 0. The van der Waals surface area contributed by atoms with Crippen LogP contribution >= 0.6 is 11.6 Å². The van der Waals surface area contributed by atoms with Crippen molar-refractivity contribution in [3.63, 3.8) is 0 Å². The van der Waals surface area contributed by atoms with Gasteiger partial charge in [-0.2, -0.15) is 0 Å². The fraction of sp³-hybridized carbons (Fsp3) is 1.00. The second kappa shape index (κ2) is 8.36. The zero-order chi connectivity index (χ0) is 11.8. The molecule has 1 aliphatic carbocycles. The number of rotatable bonds is 7. The highest BCUT2D eigenvalue weighted by atomic mass is 35.5. The van der Waals surface area contributed by atoms with Gasteiger partial charge in [-0.1, -0.05) is 19.8 Å². The Labute approximate surface area is 106 Å². The lowest BCUT2D eigenvalue weighted by Gasteiger charge is -2.28. The lowest BCUT2D eigenvalue weighted by atomic mass is 9.80. The summed E-state index contributed by atoms with van der Waals surface area (Å²) in [6, 6.07) is 0. The summed E-state index contributed by atoms with van der Waals surface area (Å²) in [7, 11) is 0. The third-order valence-corrected chi connectivity index (χ3v) is 4.39. The first kappa shape index (κ1) is 14.3. The van der Waals surface area contributed by atoms with Crippen molar-refractivity contribution in [2.45, 2.75) is 70.1 Å². The van der Waals surface area contributed by atoms with E-state index < -0.39 is 0 Å². The van der Waals surface area contributed by atoms with E-state index in [9.17, 15) is 0 Å². The van der Waals surface area contributed by atoms with Gasteiger partial charge in [-0.05, 0) is 63.3 Å². The Balaban J connectivity index is 2.24. The van der Waals surface area contributed by atoms with Gasteiger partial charge in [0.05, 0.1) is 0 Å². The molecule has 16 heavy (non-hydrogen) atoms. The zero-order valence-electron chi connectivity index (χ0n) is 10.8. The molecule has 2 heteroatoms. The van der Waals surface area contributed by atoms with Crippen LogP contribution in [-0.2, 0) is 0 Å². The number of halogens is 1. The van der Waals surface area contributed by atoms with E-state index in [0.717, 1.165) is 18.4 Å². The van der Waals surface area contributed by atoms with E-state index in [1.165, 1.54) is 57.8 Å². The minimum atomic E-state index is 0.463. The lowest BCUT2D eigenvalue weighted by Crippen LogP contribution is -2.18. The van der Waals surface area contributed by atoms with Crippen molar-refractivity contribution < 1.29 is 0 Å². The van der Waals surface area contributed by atoms with Gasteiger partial charge in [0.1, 0.15) is 0 Å². The summed E-state index contributed by atoms with van der Waals surface area (Å²) in [5.74, 6) is 1.87. The van der Waals surface area contributed by atoms with Crippen LogP contribution in [-0.4, -0.2) is 11.9 Å². The molecular weight excluding hydrogens is 218 g/mol. The lowest BCUT2D eigenvalue weighted by molar-refractivity contribution is 0.269. The molecule has 0 heterocycles. The maximum atomic E-state index is 6.15. The minimum absolute atomic E-state index is 0.463. The molecule has 0 amide bonds. The van der Waals surface area contributed by atoms with Crippen molar-refractivity contribution in [3.8, 4) is 0 Å². The molecule has 96 valence electrons. The summed E-state index contributed by atoms with van der Waals surface area (Å²) in [5, 5.41) is 0.463. The van der Waals surface area contributed by atoms with E-state index >= 15 is 0 Å². The molecule has 1 saturated carbocycles. The van der Waals surface area contributed by atoms with Gasteiger partial charge in [0.25, 0.3) is 0 Å². The summed E-state index contributed by atoms with van der Waals surface area (Å²) < 4.78 is 0. The Morgan fingerprint density at radius 1 is 1.19 bits per heavy atom. The van der Waals surface area contributed by atoms with Crippen LogP contribution < -0.4 is 5.73 Å². The maximum Gasteiger partial charge on any atom is 0.0336 e. The molecule has 0 saturated heterocycles. The predicted molar refractivity (Wildman–Crippen MR) is 72.9 cm³/mol. The zero-order valence-corrected chi connectivity index (χ0v) is 11.5. The van der Waals surface area contributed by atoms with Gasteiger partial charge in [0, 0.05) is 5.38 Å². The van der Waals surface area contributed by atoms with Gasteiger partial charge in [-0.15, -0.1) is 11.6 Å². The standard InChI is InChI=1S/C14H28ClN/c1-2-4-12(5-3-10-16)11-13-6-8-14(15)9-7-13/h12-14H,2-11,16H2,1H3. The highest BCUT2D eigenvalue weighted by Gasteiger charge is 2.22. The maximum absolute atomic E-state index is 6.15. The fourth-order valence-electron chi connectivity index (χ4n) is 3.02. The number of alkyl halides is 1. The molecular formula is C14H28ClN. The Kier molecular flexibility index (Phi) is 7.47. The average Bonchev–Trinajstić information content (AvgIpc) is 2.29. The van der Waals surface area contributed by atoms with Crippen LogP contribution in [0.3, 0.4) is 0 Å². The molecule has 0 aromatic heterocycles. The number of nitrogens with two attached hydrogens (primary N) is 1. The van der Waals surface area contributed by atoms with Crippen LogP contribution in [0.25, 0.3) is 0 Å². The molecule has 0 radical (unpaired) electrons. The molecule has 1 unspecified atom stereocenters. The average molecular weight is 246 g/mol. The van der Waals surface area contributed by atoms with Crippen molar-refractivity contribution in [1.29, 1.82) is 0 Å². The molecule has 1 rings (SSSR count). The van der Waals surface area contributed by atoms with Crippen LogP contribution in [0.1, 0.15) is 64.7 Å². The molecule has 0 aliphatic heterocycles.